The molecule has 0 N–H and O–H groups in total. The summed E-state index contributed by atoms with van der Waals surface area (Å²) in [5.41, 5.74) is 4.15. The lowest BCUT2D eigenvalue weighted by Crippen LogP contribution is -1.89. The van der Waals surface area contributed by atoms with Crippen molar-refractivity contribution >= 4 is 0 Å². The minimum atomic E-state index is 0.303. The molecule has 2 heterocycles. The second-order valence-corrected chi connectivity index (χ2v) is 5.92. The van der Waals surface area contributed by atoms with Crippen LogP contribution < -0.4 is 0 Å². The van der Waals surface area contributed by atoms with Gasteiger partial charge in [0, 0.05) is 11.1 Å². The molecule has 0 aliphatic heterocycles. The Morgan fingerprint density at radius 2 is 1.40 bits per heavy atom. The van der Waals surface area contributed by atoms with E-state index in [0.29, 0.717) is 29.9 Å². The second kappa shape index (κ2) is 6.32. The van der Waals surface area contributed by atoms with Gasteiger partial charge >= 0.3 is 0 Å². The zero-order valence-electron chi connectivity index (χ0n) is 13.9. The lowest BCUT2D eigenvalue weighted by atomic mass is 10.1. The molecule has 6 nitrogen and oxygen atoms in total. The first-order valence-corrected chi connectivity index (χ1v) is 7.96. The SMILES string of the molecule is Cc1ccc(-c2noc(Cc3nnc(-c4ccc(C)cc4)o3)n2)cc1. The fraction of sp³-hybridized carbons (Fsp3) is 0.158. The topological polar surface area (TPSA) is 77.8 Å². The van der Waals surface area contributed by atoms with E-state index in [9.17, 15) is 0 Å². The van der Waals surface area contributed by atoms with Crippen LogP contribution in [0.4, 0.5) is 0 Å². The Bertz CT molecular complexity index is 903. The highest BCUT2D eigenvalue weighted by atomic mass is 16.5. The van der Waals surface area contributed by atoms with Crippen LogP contribution in [0.3, 0.4) is 0 Å². The molecule has 0 saturated heterocycles. The second-order valence-electron chi connectivity index (χ2n) is 5.92. The van der Waals surface area contributed by atoms with E-state index >= 15 is 0 Å². The van der Waals surface area contributed by atoms with Crippen LogP contribution in [0.1, 0.15) is 22.9 Å². The third-order valence-electron chi connectivity index (χ3n) is 3.85. The van der Waals surface area contributed by atoms with Crippen molar-refractivity contribution in [3.63, 3.8) is 0 Å². The molecule has 0 fully saturated rings. The van der Waals surface area contributed by atoms with Crippen molar-refractivity contribution in [2.45, 2.75) is 20.3 Å². The van der Waals surface area contributed by atoms with E-state index in [4.69, 9.17) is 8.94 Å². The van der Waals surface area contributed by atoms with Crippen molar-refractivity contribution in [2.24, 2.45) is 0 Å². The van der Waals surface area contributed by atoms with E-state index in [1.807, 2.05) is 62.4 Å². The van der Waals surface area contributed by atoms with Crippen LogP contribution in [0.25, 0.3) is 22.8 Å². The fourth-order valence-electron chi connectivity index (χ4n) is 2.41. The first kappa shape index (κ1) is 15.3. The quantitative estimate of drug-likeness (QED) is 0.562. The maximum atomic E-state index is 5.69. The Labute approximate surface area is 144 Å². The Morgan fingerprint density at radius 3 is 2.08 bits per heavy atom. The molecular weight excluding hydrogens is 316 g/mol. The van der Waals surface area contributed by atoms with Gasteiger partial charge in [-0.2, -0.15) is 4.98 Å². The molecular formula is C19H16N4O2. The lowest BCUT2D eigenvalue weighted by Gasteiger charge is -1.95. The van der Waals surface area contributed by atoms with Crippen molar-refractivity contribution in [1.29, 1.82) is 0 Å². The van der Waals surface area contributed by atoms with Gasteiger partial charge in [-0.3, -0.25) is 0 Å². The van der Waals surface area contributed by atoms with Crippen molar-refractivity contribution in [3.8, 4) is 22.8 Å². The van der Waals surface area contributed by atoms with Crippen molar-refractivity contribution in [1.82, 2.24) is 20.3 Å². The van der Waals surface area contributed by atoms with Gasteiger partial charge in [0.2, 0.25) is 23.5 Å². The van der Waals surface area contributed by atoms with E-state index < -0.39 is 0 Å². The largest absolute Gasteiger partial charge is 0.420 e. The van der Waals surface area contributed by atoms with Crippen LogP contribution in [0.5, 0.6) is 0 Å². The first-order chi connectivity index (χ1) is 12.2. The van der Waals surface area contributed by atoms with Gasteiger partial charge in [-0.05, 0) is 26.0 Å². The van der Waals surface area contributed by atoms with Gasteiger partial charge in [0.05, 0.1) is 0 Å². The number of hydrogen-bond acceptors (Lipinski definition) is 6. The third kappa shape index (κ3) is 3.33. The summed E-state index contributed by atoms with van der Waals surface area (Å²) in [5.74, 6) is 1.91. The molecule has 0 saturated carbocycles. The summed E-state index contributed by atoms with van der Waals surface area (Å²) in [4.78, 5) is 4.39. The molecule has 124 valence electrons. The Kier molecular flexibility index (Phi) is 3.85. The summed E-state index contributed by atoms with van der Waals surface area (Å²) in [5, 5.41) is 12.2. The molecule has 2 aromatic carbocycles. The lowest BCUT2D eigenvalue weighted by molar-refractivity contribution is 0.374. The van der Waals surface area contributed by atoms with Crippen LogP contribution in [0, 0.1) is 13.8 Å². The molecule has 0 radical (unpaired) electrons. The molecule has 0 aliphatic carbocycles. The predicted octanol–water partition coefficient (Wildman–Crippen LogP) is 3.99. The van der Waals surface area contributed by atoms with Crippen LogP contribution in [0.15, 0.2) is 57.5 Å². The van der Waals surface area contributed by atoms with Crippen LogP contribution >= 0.6 is 0 Å². The monoisotopic (exact) mass is 332 g/mol. The van der Waals surface area contributed by atoms with E-state index in [1.165, 1.54) is 11.1 Å². The minimum absolute atomic E-state index is 0.303. The zero-order valence-corrected chi connectivity index (χ0v) is 13.9. The van der Waals surface area contributed by atoms with E-state index in [1.54, 1.807) is 0 Å². The molecule has 0 unspecified atom stereocenters. The van der Waals surface area contributed by atoms with E-state index in [0.717, 1.165) is 11.1 Å². The summed E-state index contributed by atoms with van der Waals surface area (Å²) in [6, 6.07) is 15.9. The number of aromatic nitrogens is 4. The van der Waals surface area contributed by atoms with E-state index in [2.05, 4.69) is 20.3 Å². The van der Waals surface area contributed by atoms with Gasteiger partial charge in [-0.25, -0.2) is 0 Å². The standard InChI is InChI=1S/C19H16N4O2/c1-12-3-7-14(8-4-12)18-20-16(25-23-18)11-17-21-22-19(24-17)15-9-5-13(2)6-10-15/h3-10H,11H2,1-2H3. The first-order valence-electron chi connectivity index (χ1n) is 7.96. The van der Waals surface area contributed by atoms with Gasteiger partial charge in [0.1, 0.15) is 6.42 Å². The number of rotatable bonds is 4. The Hall–Kier alpha value is -3.28. The predicted molar refractivity (Wildman–Crippen MR) is 91.7 cm³/mol. The average Bonchev–Trinajstić information content (AvgIpc) is 3.27. The minimum Gasteiger partial charge on any atom is -0.420 e. The molecule has 25 heavy (non-hydrogen) atoms. The molecule has 4 rings (SSSR count). The van der Waals surface area contributed by atoms with Gasteiger partial charge in [0.15, 0.2) is 0 Å². The summed E-state index contributed by atoms with van der Waals surface area (Å²) in [6.45, 7) is 4.07. The van der Waals surface area contributed by atoms with Crippen LogP contribution in [-0.2, 0) is 6.42 Å². The van der Waals surface area contributed by atoms with Crippen molar-refractivity contribution in [2.75, 3.05) is 0 Å². The number of nitrogens with zero attached hydrogens (tertiary/aromatic N) is 4. The van der Waals surface area contributed by atoms with Gasteiger partial charge in [-0.1, -0.05) is 52.7 Å². The summed E-state index contributed by atoms with van der Waals surface area (Å²) >= 11 is 0. The number of benzene rings is 2. The van der Waals surface area contributed by atoms with Crippen LogP contribution in [-0.4, -0.2) is 20.3 Å². The smallest absolute Gasteiger partial charge is 0.247 e. The van der Waals surface area contributed by atoms with Crippen molar-refractivity contribution < 1.29 is 8.94 Å². The highest BCUT2D eigenvalue weighted by Crippen LogP contribution is 2.20. The Balaban J connectivity index is 1.51. The molecule has 4 aromatic rings. The molecule has 0 bridgehead atoms. The van der Waals surface area contributed by atoms with Crippen LogP contribution in [0.2, 0.25) is 0 Å². The third-order valence-corrected chi connectivity index (χ3v) is 3.85. The molecule has 0 atom stereocenters. The summed E-state index contributed by atoms with van der Waals surface area (Å²) in [6.07, 6.45) is 0.303. The number of aryl methyl sites for hydroxylation is 2. The van der Waals surface area contributed by atoms with Gasteiger partial charge in [0.25, 0.3) is 0 Å². The number of hydrogen-bond donors (Lipinski definition) is 0. The van der Waals surface area contributed by atoms with Gasteiger partial charge < -0.3 is 8.94 Å². The molecule has 2 aromatic heterocycles. The maximum absolute atomic E-state index is 5.69. The highest BCUT2D eigenvalue weighted by molar-refractivity contribution is 5.54. The summed E-state index contributed by atoms with van der Waals surface area (Å²) in [7, 11) is 0. The maximum Gasteiger partial charge on any atom is 0.247 e. The highest BCUT2D eigenvalue weighted by Gasteiger charge is 2.14. The normalized spacial score (nSPS) is 11.0. The van der Waals surface area contributed by atoms with Crippen molar-refractivity contribution in [3.05, 3.63) is 71.4 Å². The molecule has 0 amide bonds. The fourth-order valence-corrected chi connectivity index (χ4v) is 2.41. The zero-order chi connectivity index (χ0) is 17.2. The average molecular weight is 332 g/mol. The summed E-state index contributed by atoms with van der Waals surface area (Å²) < 4.78 is 11.0. The molecule has 6 heteroatoms. The van der Waals surface area contributed by atoms with Gasteiger partial charge in [-0.15, -0.1) is 10.2 Å². The molecule has 0 spiro atoms. The Morgan fingerprint density at radius 1 is 0.760 bits per heavy atom. The molecule has 0 aliphatic rings. The van der Waals surface area contributed by atoms with E-state index in [-0.39, 0.29) is 0 Å².